The number of benzene rings is 1. The van der Waals surface area contributed by atoms with Crippen LogP contribution in [0.15, 0.2) is 23.1 Å². The third-order valence-corrected chi connectivity index (χ3v) is 7.83. The average molecular weight is 452 g/mol. The summed E-state index contributed by atoms with van der Waals surface area (Å²) < 4.78 is 38.9. The van der Waals surface area contributed by atoms with E-state index in [1.54, 1.807) is 11.0 Å². The van der Waals surface area contributed by atoms with Gasteiger partial charge in [0, 0.05) is 26.2 Å². The number of carbonyl (C=O) groups is 2. The molecule has 3 aliphatic heterocycles. The Morgan fingerprint density at radius 3 is 2.48 bits per heavy atom. The minimum Gasteiger partial charge on any atom is -0.482 e. The van der Waals surface area contributed by atoms with Gasteiger partial charge in [-0.2, -0.15) is 4.31 Å². The number of hydrogen-bond donors (Lipinski definition) is 0. The number of ether oxygens (including phenoxy) is 2. The van der Waals surface area contributed by atoms with Crippen LogP contribution in [0.3, 0.4) is 0 Å². The van der Waals surface area contributed by atoms with Crippen LogP contribution in [-0.2, 0) is 24.3 Å². The number of rotatable bonds is 4. The quantitative estimate of drug-likeness (QED) is 0.676. The molecule has 0 spiro atoms. The first-order valence-electron chi connectivity index (χ1n) is 10.7. The number of hydrogen-bond acceptors (Lipinski definition) is 6. The van der Waals surface area contributed by atoms with E-state index in [2.05, 4.69) is 13.8 Å². The van der Waals surface area contributed by atoms with Gasteiger partial charge in [-0.05, 0) is 36.5 Å². The highest BCUT2D eigenvalue weighted by molar-refractivity contribution is 7.89. The normalized spacial score (nSPS) is 25.2. The van der Waals surface area contributed by atoms with E-state index in [4.69, 9.17) is 9.47 Å². The van der Waals surface area contributed by atoms with Crippen molar-refractivity contribution in [2.75, 3.05) is 57.4 Å². The molecule has 2 amide bonds. The summed E-state index contributed by atoms with van der Waals surface area (Å²) in [7, 11) is -3.72. The first-order chi connectivity index (χ1) is 14.8. The largest absolute Gasteiger partial charge is 0.482 e. The Labute approximate surface area is 182 Å². The summed E-state index contributed by atoms with van der Waals surface area (Å²) in [6.07, 6.45) is 0.996. The number of carbonyl (C=O) groups excluding carboxylic acids is 2. The van der Waals surface area contributed by atoms with Crippen molar-refractivity contribution in [1.29, 1.82) is 0 Å². The zero-order chi connectivity index (χ0) is 22.2. The molecule has 9 nitrogen and oxygen atoms in total. The molecule has 1 aromatic rings. The van der Waals surface area contributed by atoms with Gasteiger partial charge in [0.05, 0.1) is 23.8 Å². The van der Waals surface area contributed by atoms with Crippen LogP contribution in [0.2, 0.25) is 0 Å². The fourth-order valence-corrected chi connectivity index (χ4v) is 6.21. The summed E-state index contributed by atoms with van der Waals surface area (Å²) in [6, 6.07) is 4.53. The molecule has 0 bridgehead atoms. The molecule has 4 rings (SSSR count). The molecule has 0 aliphatic carbocycles. The Hall–Kier alpha value is -2.17. The lowest BCUT2D eigenvalue weighted by molar-refractivity contribution is -0.135. The number of anilines is 1. The molecule has 0 aromatic heterocycles. The molecule has 0 radical (unpaired) electrons. The third kappa shape index (κ3) is 4.56. The van der Waals surface area contributed by atoms with E-state index in [1.807, 2.05) is 0 Å². The minimum absolute atomic E-state index is 0.106. The van der Waals surface area contributed by atoms with Crippen molar-refractivity contribution in [3.05, 3.63) is 18.2 Å². The number of fused-ring (bicyclic) bond motifs is 1. The molecule has 170 valence electrons. The van der Waals surface area contributed by atoms with Crippen LogP contribution in [0.4, 0.5) is 5.69 Å². The Morgan fingerprint density at radius 1 is 1.13 bits per heavy atom. The van der Waals surface area contributed by atoms with Crippen molar-refractivity contribution in [2.45, 2.75) is 25.2 Å². The topological polar surface area (TPSA) is 96.5 Å². The van der Waals surface area contributed by atoms with E-state index in [0.717, 1.165) is 6.42 Å². The fraction of sp³-hybridized carbons (Fsp3) is 0.619. The summed E-state index contributed by atoms with van der Waals surface area (Å²) in [6.45, 7) is 6.59. The monoisotopic (exact) mass is 451 g/mol. The van der Waals surface area contributed by atoms with Crippen LogP contribution < -0.4 is 9.64 Å². The standard InChI is InChI=1S/C21H29N3O6S/c1-15-9-16(2)12-23(11-15)31(27,28)17-3-4-19-18(10-17)24(21(26)14-30-19)13-20(25)22-5-7-29-8-6-22/h3-4,10,15-16H,5-9,11-14H2,1-2H3/t15-,16-/m1/s1. The molecule has 31 heavy (non-hydrogen) atoms. The smallest absolute Gasteiger partial charge is 0.265 e. The van der Waals surface area contributed by atoms with Crippen molar-refractivity contribution >= 4 is 27.5 Å². The Balaban J connectivity index is 1.61. The van der Waals surface area contributed by atoms with E-state index in [0.29, 0.717) is 50.8 Å². The molecule has 2 saturated heterocycles. The fourth-order valence-electron chi connectivity index (χ4n) is 4.51. The van der Waals surface area contributed by atoms with Gasteiger partial charge in [-0.1, -0.05) is 13.8 Å². The zero-order valence-corrected chi connectivity index (χ0v) is 18.8. The highest BCUT2D eigenvalue weighted by Gasteiger charge is 2.34. The maximum absolute atomic E-state index is 13.3. The molecule has 3 heterocycles. The summed E-state index contributed by atoms with van der Waals surface area (Å²) in [5, 5.41) is 0. The molecule has 0 unspecified atom stereocenters. The minimum atomic E-state index is -3.72. The van der Waals surface area contributed by atoms with E-state index < -0.39 is 10.0 Å². The SMILES string of the molecule is C[C@@H]1C[C@@H](C)CN(S(=O)(=O)c2ccc3c(c2)N(CC(=O)N2CCOCC2)C(=O)CO3)C1. The van der Waals surface area contributed by atoms with E-state index in [1.165, 1.54) is 21.3 Å². The predicted octanol–water partition coefficient (Wildman–Crippen LogP) is 0.937. The molecule has 3 aliphatic rings. The molecule has 0 N–H and O–H groups in total. The van der Waals surface area contributed by atoms with Crippen LogP contribution in [0.25, 0.3) is 0 Å². The number of amides is 2. The van der Waals surface area contributed by atoms with Gasteiger partial charge in [0.2, 0.25) is 15.9 Å². The second kappa shape index (κ2) is 8.76. The first-order valence-corrected chi connectivity index (χ1v) is 12.1. The molecule has 1 aromatic carbocycles. The van der Waals surface area contributed by atoms with Crippen molar-refractivity contribution < 1.29 is 27.5 Å². The summed E-state index contributed by atoms with van der Waals surface area (Å²) >= 11 is 0. The Morgan fingerprint density at radius 2 is 1.81 bits per heavy atom. The van der Waals surface area contributed by atoms with Gasteiger partial charge < -0.3 is 14.4 Å². The van der Waals surface area contributed by atoms with Crippen molar-refractivity contribution in [2.24, 2.45) is 11.8 Å². The van der Waals surface area contributed by atoms with Gasteiger partial charge in [-0.15, -0.1) is 0 Å². The van der Waals surface area contributed by atoms with Gasteiger partial charge >= 0.3 is 0 Å². The Bertz CT molecular complexity index is 950. The number of morpholine rings is 1. The average Bonchev–Trinajstić information content (AvgIpc) is 2.75. The molecule has 2 fully saturated rings. The zero-order valence-electron chi connectivity index (χ0n) is 18.0. The highest BCUT2D eigenvalue weighted by Crippen LogP contribution is 2.36. The van der Waals surface area contributed by atoms with Gasteiger partial charge in [0.15, 0.2) is 6.61 Å². The summed E-state index contributed by atoms with van der Waals surface area (Å²) in [5.74, 6) is 0.390. The number of nitrogens with zero attached hydrogens (tertiary/aromatic N) is 3. The van der Waals surface area contributed by atoms with Gasteiger partial charge in [0.25, 0.3) is 5.91 Å². The number of piperidine rings is 1. The molecule has 0 saturated carbocycles. The highest BCUT2D eigenvalue weighted by atomic mass is 32.2. The number of sulfonamides is 1. The van der Waals surface area contributed by atoms with Gasteiger partial charge in [-0.3, -0.25) is 14.5 Å². The third-order valence-electron chi connectivity index (χ3n) is 6.00. The predicted molar refractivity (Wildman–Crippen MR) is 113 cm³/mol. The Kier molecular flexibility index (Phi) is 6.23. The van der Waals surface area contributed by atoms with Crippen molar-refractivity contribution in [1.82, 2.24) is 9.21 Å². The lowest BCUT2D eigenvalue weighted by Gasteiger charge is -2.35. The maximum Gasteiger partial charge on any atom is 0.265 e. The second-order valence-electron chi connectivity index (χ2n) is 8.66. The van der Waals surface area contributed by atoms with Crippen molar-refractivity contribution in [3.8, 4) is 5.75 Å². The molecule has 2 atom stereocenters. The van der Waals surface area contributed by atoms with Crippen LogP contribution >= 0.6 is 0 Å². The van der Waals surface area contributed by atoms with E-state index in [-0.39, 0.29) is 41.7 Å². The van der Waals surface area contributed by atoms with Crippen LogP contribution in [0.1, 0.15) is 20.3 Å². The molecular formula is C21H29N3O6S. The van der Waals surface area contributed by atoms with Gasteiger partial charge in [0.1, 0.15) is 12.3 Å². The first kappa shape index (κ1) is 22.0. The van der Waals surface area contributed by atoms with Crippen LogP contribution in [-0.4, -0.2) is 82.0 Å². The van der Waals surface area contributed by atoms with Crippen LogP contribution in [0.5, 0.6) is 5.75 Å². The van der Waals surface area contributed by atoms with E-state index >= 15 is 0 Å². The summed E-state index contributed by atoms with van der Waals surface area (Å²) in [5.41, 5.74) is 0.317. The second-order valence-corrected chi connectivity index (χ2v) is 10.6. The maximum atomic E-state index is 13.3. The summed E-state index contributed by atoms with van der Waals surface area (Å²) in [4.78, 5) is 28.4. The van der Waals surface area contributed by atoms with Gasteiger partial charge in [-0.25, -0.2) is 8.42 Å². The van der Waals surface area contributed by atoms with E-state index in [9.17, 15) is 18.0 Å². The molecular weight excluding hydrogens is 422 g/mol. The lowest BCUT2D eigenvalue weighted by atomic mass is 9.94. The van der Waals surface area contributed by atoms with Crippen molar-refractivity contribution in [3.63, 3.8) is 0 Å². The lowest BCUT2D eigenvalue weighted by Crippen LogP contribution is -2.49. The van der Waals surface area contributed by atoms with Crippen LogP contribution in [0, 0.1) is 11.8 Å². The molecule has 10 heteroatoms.